The second kappa shape index (κ2) is 9.93. The minimum absolute atomic E-state index is 0.0688. The fraction of sp³-hybridized carbons (Fsp3) is 0.391. The van der Waals surface area contributed by atoms with Gasteiger partial charge < -0.3 is 15.4 Å². The van der Waals surface area contributed by atoms with E-state index in [1.807, 2.05) is 24.3 Å². The van der Waals surface area contributed by atoms with Crippen LogP contribution in [0.25, 0.3) is 0 Å². The SMILES string of the molecule is CCCCNC(=O)c1ccc(NC(=O)COc2ccccc2C(C)(C)C)cc1. The van der Waals surface area contributed by atoms with Gasteiger partial charge in [0.1, 0.15) is 5.75 Å². The predicted molar refractivity (Wildman–Crippen MR) is 113 cm³/mol. The third-order valence-corrected chi connectivity index (χ3v) is 4.30. The molecule has 0 spiro atoms. The molecule has 0 aromatic heterocycles. The zero-order valence-electron chi connectivity index (χ0n) is 17.2. The fourth-order valence-corrected chi connectivity index (χ4v) is 2.74. The van der Waals surface area contributed by atoms with Gasteiger partial charge >= 0.3 is 0 Å². The predicted octanol–water partition coefficient (Wildman–Crippen LogP) is 4.53. The number of anilines is 1. The van der Waals surface area contributed by atoms with Gasteiger partial charge in [0.05, 0.1) is 0 Å². The van der Waals surface area contributed by atoms with Crippen molar-refractivity contribution in [2.45, 2.75) is 46.0 Å². The van der Waals surface area contributed by atoms with Crippen molar-refractivity contribution in [3.05, 3.63) is 59.7 Å². The Bertz CT molecular complexity index is 792. The molecule has 150 valence electrons. The number of benzene rings is 2. The molecule has 0 fully saturated rings. The van der Waals surface area contributed by atoms with Gasteiger partial charge in [0.15, 0.2) is 6.61 Å². The largest absolute Gasteiger partial charge is 0.483 e. The third-order valence-electron chi connectivity index (χ3n) is 4.30. The molecule has 28 heavy (non-hydrogen) atoms. The highest BCUT2D eigenvalue weighted by Crippen LogP contribution is 2.30. The minimum atomic E-state index is -0.246. The maximum atomic E-state index is 12.2. The molecule has 2 amide bonds. The molecule has 0 aliphatic heterocycles. The molecular formula is C23H30N2O3. The number of carbonyl (C=O) groups is 2. The third kappa shape index (κ3) is 6.41. The number of hydrogen-bond donors (Lipinski definition) is 2. The Morgan fingerprint density at radius 1 is 1.00 bits per heavy atom. The topological polar surface area (TPSA) is 67.4 Å². The highest BCUT2D eigenvalue weighted by atomic mass is 16.5. The van der Waals surface area contributed by atoms with Crippen LogP contribution in [0.5, 0.6) is 5.75 Å². The molecule has 0 heterocycles. The van der Waals surface area contributed by atoms with Gasteiger partial charge in [0.25, 0.3) is 11.8 Å². The lowest BCUT2D eigenvalue weighted by Gasteiger charge is -2.22. The lowest BCUT2D eigenvalue weighted by molar-refractivity contribution is -0.118. The van der Waals surface area contributed by atoms with E-state index in [4.69, 9.17) is 4.74 Å². The van der Waals surface area contributed by atoms with Crippen molar-refractivity contribution in [1.29, 1.82) is 0 Å². The van der Waals surface area contributed by atoms with Crippen LogP contribution in [0.1, 0.15) is 56.5 Å². The average molecular weight is 383 g/mol. The second-order valence-electron chi connectivity index (χ2n) is 7.77. The van der Waals surface area contributed by atoms with Crippen molar-refractivity contribution in [1.82, 2.24) is 5.32 Å². The Morgan fingerprint density at radius 3 is 2.32 bits per heavy atom. The smallest absolute Gasteiger partial charge is 0.262 e. The summed E-state index contributed by atoms with van der Waals surface area (Å²) in [5.74, 6) is 0.363. The Labute approximate surface area is 167 Å². The molecule has 0 aliphatic carbocycles. The summed E-state index contributed by atoms with van der Waals surface area (Å²) >= 11 is 0. The quantitative estimate of drug-likeness (QED) is 0.659. The summed E-state index contributed by atoms with van der Waals surface area (Å²) in [5.41, 5.74) is 2.19. The number of hydrogen-bond acceptors (Lipinski definition) is 3. The summed E-state index contributed by atoms with van der Waals surface area (Å²) < 4.78 is 5.74. The number of carbonyl (C=O) groups excluding carboxylic acids is 2. The number of ether oxygens (including phenoxy) is 1. The van der Waals surface area contributed by atoms with Gasteiger partial charge in [-0.05, 0) is 47.7 Å². The van der Waals surface area contributed by atoms with Crippen molar-refractivity contribution < 1.29 is 14.3 Å². The maximum absolute atomic E-state index is 12.2. The Morgan fingerprint density at radius 2 is 1.68 bits per heavy atom. The van der Waals surface area contributed by atoms with Crippen molar-refractivity contribution in [2.24, 2.45) is 0 Å². The van der Waals surface area contributed by atoms with Gasteiger partial charge in [0.2, 0.25) is 0 Å². The van der Waals surface area contributed by atoms with Crippen LogP contribution in [0.15, 0.2) is 48.5 Å². The summed E-state index contributed by atoms with van der Waals surface area (Å²) in [4.78, 5) is 24.2. The van der Waals surface area contributed by atoms with E-state index in [1.54, 1.807) is 24.3 Å². The molecule has 5 heteroatoms. The number of para-hydroxylation sites is 1. The van der Waals surface area contributed by atoms with E-state index in [1.165, 1.54) is 0 Å². The van der Waals surface area contributed by atoms with Crippen LogP contribution >= 0.6 is 0 Å². The molecule has 0 radical (unpaired) electrons. The molecule has 2 N–H and O–H groups in total. The first-order valence-corrected chi connectivity index (χ1v) is 9.71. The van der Waals surface area contributed by atoms with Crippen LogP contribution in [0.2, 0.25) is 0 Å². The molecule has 2 aromatic rings. The lowest BCUT2D eigenvalue weighted by atomic mass is 9.86. The molecule has 0 saturated heterocycles. The molecular weight excluding hydrogens is 352 g/mol. The summed E-state index contributed by atoms with van der Waals surface area (Å²) in [5, 5.41) is 5.66. The monoisotopic (exact) mass is 382 g/mol. The average Bonchev–Trinajstić information content (AvgIpc) is 2.66. The number of amides is 2. The van der Waals surface area contributed by atoms with Crippen molar-refractivity contribution in [3.63, 3.8) is 0 Å². The zero-order chi connectivity index (χ0) is 20.6. The van der Waals surface area contributed by atoms with Crippen LogP contribution < -0.4 is 15.4 Å². The Balaban J connectivity index is 1.89. The highest BCUT2D eigenvalue weighted by molar-refractivity contribution is 5.96. The van der Waals surface area contributed by atoms with Gasteiger partial charge in [-0.25, -0.2) is 0 Å². The number of nitrogens with one attached hydrogen (secondary N) is 2. The van der Waals surface area contributed by atoms with Gasteiger partial charge in [-0.15, -0.1) is 0 Å². The molecule has 0 aliphatic rings. The van der Waals surface area contributed by atoms with Crippen LogP contribution in [0.4, 0.5) is 5.69 Å². The fourth-order valence-electron chi connectivity index (χ4n) is 2.74. The van der Waals surface area contributed by atoms with Crippen molar-refractivity contribution in [2.75, 3.05) is 18.5 Å². The number of unbranched alkanes of at least 4 members (excludes halogenated alkanes) is 1. The summed E-state index contributed by atoms with van der Waals surface area (Å²) in [7, 11) is 0. The number of rotatable bonds is 8. The molecule has 2 rings (SSSR count). The van der Waals surface area contributed by atoms with E-state index in [-0.39, 0.29) is 23.8 Å². The van der Waals surface area contributed by atoms with Crippen molar-refractivity contribution >= 4 is 17.5 Å². The first-order valence-electron chi connectivity index (χ1n) is 9.71. The van der Waals surface area contributed by atoms with E-state index in [0.717, 1.165) is 18.4 Å². The van der Waals surface area contributed by atoms with Gasteiger partial charge in [-0.2, -0.15) is 0 Å². The van der Waals surface area contributed by atoms with Crippen molar-refractivity contribution in [3.8, 4) is 5.75 Å². The summed E-state index contributed by atoms with van der Waals surface area (Å²) in [6.07, 6.45) is 1.99. The molecule has 0 saturated carbocycles. The Kier molecular flexibility index (Phi) is 7.61. The molecule has 2 aromatic carbocycles. The van der Waals surface area contributed by atoms with Crippen LogP contribution in [-0.2, 0) is 10.2 Å². The molecule has 0 atom stereocenters. The van der Waals surface area contributed by atoms with E-state index in [0.29, 0.717) is 23.5 Å². The second-order valence-corrected chi connectivity index (χ2v) is 7.77. The normalized spacial score (nSPS) is 11.0. The molecule has 5 nitrogen and oxygen atoms in total. The van der Waals surface area contributed by atoms with E-state index in [2.05, 4.69) is 38.3 Å². The Hall–Kier alpha value is -2.82. The first kappa shape index (κ1) is 21.5. The standard InChI is InChI=1S/C23H30N2O3/c1-5-6-15-24-22(27)17-11-13-18(14-12-17)25-21(26)16-28-20-10-8-7-9-19(20)23(2,3)4/h7-14H,5-6,15-16H2,1-4H3,(H,24,27)(H,25,26). The van der Waals surface area contributed by atoms with Crippen LogP contribution in [0.3, 0.4) is 0 Å². The van der Waals surface area contributed by atoms with Gasteiger partial charge in [0, 0.05) is 17.8 Å². The van der Waals surface area contributed by atoms with Crippen LogP contribution in [0, 0.1) is 0 Å². The summed E-state index contributed by atoms with van der Waals surface area (Å²) in [6, 6.07) is 14.6. The van der Waals surface area contributed by atoms with E-state index in [9.17, 15) is 9.59 Å². The van der Waals surface area contributed by atoms with E-state index >= 15 is 0 Å². The molecule has 0 unspecified atom stereocenters. The van der Waals surface area contributed by atoms with Gasteiger partial charge in [-0.3, -0.25) is 9.59 Å². The summed E-state index contributed by atoms with van der Waals surface area (Å²) in [6.45, 7) is 8.99. The first-order chi connectivity index (χ1) is 13.3. The molecule has 0 bridgehead atoms. The highest BCUT2D eigenvalue weighted by Gasteiger charge is 2.19. The lowest BCUT2D eigenvalue weighted by Crippen LogP contribution is -2.24. The zero-order valence-corrected chi connectivity index (χ0v) is 17.2. The van der Waals surface area contributed by atoms with Gasteiger partial charge in [-0.1, -0.05) is 52.3 Å². The van der Waals surface area contributed by atoms with Crippen LogP contribution in [-0.4, -0.2) is 25.0 Å². The maximum Gasteiger partial charge on any atom is 0.262 e. The van der Waals surface area contributed by atoms with E-state index < -0.39 is 0 Å². The minimum Gasteiger partial charge on any atom is -0.483 e.